The van der Waals surface area contributed by atoms with E-state index in [1.807, 2.05) is 19.9 Å². The number of rotatable bonds is 3. The summed E-state index contributed by atoms with van der Waals surface area (Å²) in [6.07, 6.45) is 2.22. The number of carbonyl (C=O) groups is 1. The van der Waals surface area contributed by atoms with E-state index in [9.17, 15) is 4.79 Å². The van der Waals surface area contributed by atoms with E-state index in [0.29, 0.717) is 5.76 Å². The Labute approximate surface area is 116 Å². The molecule has 0 bridgehead atoms. The third-order valence-corrected chi connectivity index (χ3v) is 5.19. The minimum absolute atomic E-state index is 0.120. The van der Waals surface area contributed by atoms with E-state index in [0.717, 1.165) is 12.2 Å². The second-order valence-electron chi connectivity index (χ2n) is 4.36. The largest absolute Gasteiger partial charge is 0.460 e. The lowest BCUT2D eigenvalue weighted by Crippen LogP contribution is -2.29. The van der Waals surface area contributed by atoms with Crippen LogP contribution in [0.5, 0.6) is 0 Å². The molecule has 92 valence electrons. The number of hydrogen-bond acceptors (Lipinski definition) is 3. The van der Waals surface area contributed by atoms with Crippen LogP contribution in [0.25, 0.3) is 0 Å². The smallest absolute Gasteiger partial charge is 0.248 e. The van der Waals surface area contributed by atoms with Gasteiger partial charge < -0.3 is 4.42 Å². The minimum Gasteiger partial charge on any atom is -0.460 e. The summed E-state index contributed by atoms with van der Waals surface area (Å²) < 4.78 is 4.99. The van der Waals surface area contributed by atoms with Crippen LogP contribution in [0.4, 0.5) is 0 Å². The van der Waals surface area contributed by atoms with Crippen molar-refractivity contribution in [3.63, 3.8) is 0 Å². The number of alkyl halides is 2. The van der Waals surface area contributed by atoms with Gasteiger partial charge in [0.2, 0.25) is 5.91 Å². The number of aryl methyl sites for hydroxylation is 1. The molecule has 1 N–H and O–H groups in total. The Morgan fingerprint density at radius 3 is 2.71 bits per heavy atom. The van der Waals surface area contributed by atoms with E-state index < -0.39 is 5.41 Å². The molecule has 1 aromatic rings. The molecule has 17 heavy (non-hydrogen) atoms. The molecule has 0 spiro atoms. The van der Waals surface area contributed by atoms with Gasteiger partial charge in [-0.2, -0.15) is 5.10 Å². The van der Waals surface area contributed by atoms with Gasteiger partial charge in [-0.3, -0.25) is 4.79 Å². The Kier molecular flexibility index (Phi) is 3.20. The summed E-state index contributed by atoms with van der Waals surface area (Å²) in [7, 11) is 0. The molecule has 4 nitrogen and oxygen atoms in total. The Hall–Kier alpha value is -0.620. The Morgan fingerprint density at radius 1 is 1.59 bits per heavy atom. The fourth-order valence-corrected chi connectivity index (χ4v) is 2.93. The third kappa shape index (κ3) is 2.47. The summed E-state index contributed by atoms with van der Waals surface area (Å²) in [5, 5.41) is 3.87. The van der Waals surface area contributed by atoms with Gasteiger partial charge >= 0.3 is 0 Å². The molecule has 0 aromatic carbocycles. The summed E-state index contributed by atoms with van der Waals surface area (Å²) in [5.41, 5.74) is 2.05. The van der Waals surface area contributed by atoms with Crippen LogP contribution in [0.2, 0.25) is 0 Å². The van der Waals surface area contributed by atoms with Crippen molar-refractivity contribution >= 4 is 44.0 Å². The highest BCUT2D eigenvalue weighted by atomic mass is 79.9. The fraction of sp³-hybridized carbons (Fsp3) is 0.455. The van der Waals surface area contributed by atoms with Crippen molar-refractivity contribution in [2.24, 2.45) is 10.5 Å². The van der Waals surface area contributed by atoms with Gasteiger partial charge in [0.05, 0.1) is 14.9 Å². The fourth-order valence-electron chi connectivity index (χ4n) is 1.45. The van der Waals surface area contributed by atoms with E-state index >= 15 is 0 Å². The Bertz CT molecular complexity index is 482. The molecule has 1 aromatic heterocycles. The lowest BCUT2D eigenvalue weighted by Gasteiger charge is -2.09. The second-order valence-corrected chi connectivity index (χ2v) is 8.13. The maximum Gasteiger partial charge on any atom is 0.248 e. The number of hydrazone groups is 1. The second kappa shape index (κ2) is 4.24. The van der Waals surface area contributed by atoms with Crippen molar-refractivity contribution in [1.29, 1.82) is 0 Å². The lowest BCUT2D eigenvalue weighted by molar-refractivity contribution is -0.125. The monoisotopic (exact) mass is 362 g/mol. The number of hydrogen-bond donors (Lipinski definition) is 1. The van der Waals surface area contributed by atoms with Crippen molar-refractivity contribution in [2.45, 2.75) is 23.5 Å². The van der Waals surface area contributed by atoms with E-state index in [1.54, 1.807) is 6.07 Å². The van der Waals surface area contributed by atoms with Gasteiger partial charge in [0.15, 0.2) is 0 Å². The molecule has 2 rings (SSSR count). The minimum atomic E-state index is -0.455. The van der Waals surface area contributed by atoms with Gasteiger partial charge in [-0.05, 0) is 32.4 Å². The zero-order chi connectivity index (χ0) is 12.7. The van der Waals surface area contributed by atoms with Crippen molar-refractivity contribution in [1.82, 2.24) is 5.43 Å². The quantitative estimate of drug-likeness (QED) is 0.510. The number of halogens is 2. The molecule has 1 amide bonds. The zero-order valence-electron chi connectivity index (χ0n) is 9.46. The highest BCUT2D eigenvalue weighted by molar-refractivity contribution is 9.25. The van der Waals surface area contributed by atoms with E-state index in [4.69, 9.17) is 4.42 Å². The highest BCUT2D eigenvalue weighted by Gasteiger charge is 2.66. The van der Waals surface area contributed by atoms with Gasteiger partial charge in [0, 0.05) is 0 Å². The van der Waals surface area contributed by atoms with Crippen LogP contribution >= 0.6 is 31.9 Å². The SMILES string of the molecule is Cc1ccc(/C=N\NC(=O)[C@]2(C)CC2(Br)Br)o1. The molecule has 0 aliphatic heterocycles. The average Bonchev–Trinajstić information content (AvgIpc) is 2.58. The molecule has 0 unspecified atom stereocenters. The average molecular weight is 364 g/mol. The maximum absolute atomic E-state index is 11.8. The molecule has 1 aliphatic rings. The maximum atomic E-state index is 11.8. The summed E-state index contributed by atoms with van der Waals surface area (Å²) in [5.74, 6) is 1.31. The van der Waals surface area contributed by atoms with Crippen LogP contribution in [0.15, 0.2) is 21.7 Å². The number of furan rings is 1. The normalized spacial score (nSPS) is 26.1. The standard InChI is InChI=1S/C11H12Br2N2O2/c1-7-3-4-8(17-7)5-14-15-9(16)10(2)6-11(10,12)13/h3-5H,6H2,1-2H3,(H,15,16)/b14-5-/t10-/m0/s1. The van der Waals surface area contributed by atoms with Gasteiger partial charge in [-0.1, -0.05) is 31.9 Å². The zero-order valence-corrected chi connectivity index (χ0v) is 12.6. The van der Waals surface area contributed by atoms with Crippen molar-refractivity contribution in [3.8, 4) is 0 Å². The van der Waals surface area contributed by atoms with E-state index in [1.165, 1.54) is 6.21 Å². The van der Waals surface area contributed by atoms with E-state index in [2.05, 4.69) is 42.4 Å². The Balaban J connectivity index is 1.91. The number of amides is 1. The van der Waals surface area contributed by atoms with Gasteiger partial charge in [-0.15, -0.1) is 0 Å². The molecule has 1 fully saturated rings. The molecule has 1 aliphatic carbocycles. The van der Waals surface area contributed by atoms with Crippen molar-refractivity contribution in [3.05, 3.63) is 23.7 Å². The topological polar surface area (TPSA) is 54.6 Å². The molecule has 1 atom stereocenters. The molecule has 1 saturated carbocycles. The summed E-state index contributed by atoms with van der Waals surface area (Å²) in [6.45, 7) is 3.73. The van der Waals surface area contributed by atoms with Crippen LogP contribution in [0.3, 0.4) is 0 Å². The van der Waals surface area contributed by atoms with Crippen molar-refractivity contribution in [2.75, 3.05) is 0 Å². The van der Waals surface area contributed by atoms with Crippen LogP contribution in [-0.4, -0.2) is 15.4 Å². The van der Waals surface area contributed by atoms with Gasteiger partial charge in [0.1, 0.15) is 11.5 Å². The van der Waals surface area contributed by atoms with Crippen LogP contribution in [-0.2, 0) is 4.79 Å². The summed E-state index contributed by atoms with van der Waals surface area (Å²) in [6, 6.07) is 3.64. The third-order valence-electron chi connectivity index (χ3n) is 2.88. The molecule has 0 radical (unpaired) electrons. The summed E-state index contributed by atoms with van der Waals surface area (Å²) in [4.78, 5) is 11.8. The first-order chi connectivity index (χ1) is 7.85. The lowest BCUT2D eigenvalue weighted by atomic mass is 10.1. The first kappa shape index (κ1) is 12.8. The van der Waals surface area contributed by atoms with Crippen LogP contribution in [0.1, 0.15) is 24.9 Å². The molecule has 0 saturated heterocycles. The first-order valence-electron chi connectivity index (χ1n) is 5.13. The Morgan fingerprint density at radius 2 is 2.24 bits per heavy atom. The molecule has 6 heteroatoms. The predicted molar refractivity (Wildman–Crippen MR) is 72.5 cm³/mol. The van der Waals surface area contributed by atoms with Gasteiger partial charge in [-0.25, -0.2) is 5.43 Å². The number of nitrogens with one attached hydrogen (secondary N) is 1. The van der Waals surface area contributed by atoms with E-state index in [-0.39, 0.29) is 9.14 Å². The molecular weight excluding hydrogens is 352 g/mol. The predicted octanol–water partition coefficient (Wildman–Crippen LogP) is 2.93. The first-order valence-corrected chi connectivity index (χ1v) is 6.71. The van der Waals surface area contributed by atoms with Crippen LogP contribution in [0, 0.1) is 12.3 Å². The number of carbonyl (C=O) groups excluding carboxylic acids is 1. The molecular formula is C11H12Br2N2O2. The highest BCUT2D eigenvalue weighted by Crippen LogP contribution is 2.66. The van der Waals surface area contributed by atoms with Crippen LogP contribution < -0.4 is 5.43 Å². The molecule has 1 heterocycles. The van der Waals surface area contributed by atoms with Crippen molar-refractivity contribution < 1.29 is 9.21 Å². The number of nitrogens with zero attached hydrogens (tertiary/aromatic N) is 1. The summed E-state index contributed by atoms with van der Waals surface area (Å²) >= 11 is 6.87. The van der Waals surface area contributed by atoms with Gasteiger partial charge in [0.25, 0.3) is 0 Å².